The second-order valence-electron chi connectivity index (χ2n) is 5.24. The van der Waals surface area contributed by atoms with E-state index in [-0.39, 0.29) is 19.1 Å². The fourth-order valence-corrected chi connectivity index (χ4v) is 2.44. The van der Waals surface area contributed by atoms with Crippen LogP contribution < -0.4 is 15.4 Å². The van der Waals surface area contributed by atoms with E-state index in [1.165, 1.54) is 6.07 Å². The molecule has 0 heterocycles. The standard InChI is InChI=1S/C18H18Cl2N2O4/c1-3-25-18(24)22-15-6-4-5-14(11(15)2)21-17(23)10-26-16-9-12(19)7-8-13(16)20/h4-9H,3,10H2,1-2H3,(H,21,23)(H,22,24). The Morgan fingerprint density at radius 1 is 1.08 bits per heavy atom. The van der Waals surface area contributed by atoms with Gasteiger partial charge in [-0.3, -0.25) is 10.1 Å². The number of halogens is 2. The molecule has 8 heteroatoms. The highest BCUT2D eigenvalue weighted by molar-refractivity contribution is 6.34. The molecule has 0 unspecified atom stereocenters. The summed E-state index contributed by atoms with van der Waals surface area (Å²) in [6.07, 6.45) is -0.557. The molecule has 0 saturated carbocycles. The third kappa shape index (κ3) is 5.54. The molecule has 0 bridgehead atoms. The first-order chi connectivity index (χ1) is 12.4. The molecule has 0 fully saturated rings. The Balaban J connectivity index is 2.00. The average molecular weight is 397 g/mol. The van der Waals surface area contributed by atoms with Gasteiger partial charge in [0.1, 0.15) is 5.75 Å². The molecule has 26 heavy (non-hydrogen) atoms. The summed E-state index contributed by atoms with van der Waals surface area (Å²) in [5.41, 5.74) is 1.78. The molecule has 138 valence electrons. The van der Waals surface area contributed by atoms with E-state index in [2.05, 4.69) is 10.6 Å². The van der Waals surface area contributed by atoms with Crippen molar-refractivity contribution >= 4 is 46.6 Å². The van der Waals surface area contributed by atoms with Gasteiger partial charge in [0.2, 0.25) is 0 Å². The van der Waals surface area contributed by atoms with Crippen molar-refractivity contribution in [2.75, 3.05) is 23.8 Å². The average Bonchev–Trinajstić information content (AvgIpc) is 2.59. The number of anilines is 2. The number of hydrogen-bond donors (Lipinski definition) is 2. The third-order valence-corrected chi connectivity index (χ3v) is 3.92. The minimum absolute atomic E-state index is 0.241. The Kier molecular flexibility index (Phi) is 7.12. The molecule has 2 amide bonds. The van der Waals surface area contributed by atoms with E-state index >= 15 is 0 Å². The van der Waals surface area contributed by atoms with Crippen molar-refractivity contribution < 1.29 is 19.1 Å². The van der Waals surface area contributed by atoms with Gasteiger partial charge in [0.25, 0.3) is 5.91 Å². The van der Waals surface area contributed by atoms with Crippen LogP contribution in [0.4, 0.5) is 16.2 Å². The SMILES string of the molecule is CCOC(=O)Nc1cccc(NC(=O)COc2cc(Cl)ccc2Cl)c1C. The zero-order chi connectivity index (χ0) is 19.1. The van der Waals surface area contributed by atoms with Crippen LogP contribution in [0.5, 0.6) is 5.75 Å². The van der Waals surface area contributed by atoms with Crippen LogP contribution in [0.3, 0.4) is 0 Å². The maximum absolute atomic E-state index is 12.1. The lowest BCUT2D eigenvalue weighted by Crippen LogP contribution is -2.21. The first kappa shape index (κ1) is 19.9. The van der Waals surface area contributed by atoms with Gasteiger partial charge in [-0.2, -0.15) is 0 Å². The summed E-state index contributed by atoms with van der Waals surface area (Å²) in [7, 11) is 0. The Morgan fingerprint density at radius 2 is 1.77 bits per heavy atom. The molecular formula is C18H18Cl2N2O4. The van der Waals surface area contributed by atoms with Crippen molar-refractivity contribution in [3.63, 3.8) is 0 Å². The Hall–Kier alpha value is -2.44. The van der Waals surface area contributed by atoms with Gasteiger partial charge in [0, 0.05) is 22.5 Å². The lowest BCUT2D eigenvalue weighted by Gasteiger charge is -2.14. The first-order valence-electron chi connectivity index (χ1n) is 7.81. The van der Waals surface area contributed by atoms with E-state index in [9.17, 15) is 9.59 Å². The zero-order valence-electron chi connectivity index (χ0n) is 14.3. The number of rotatable bonds is 6. The molecule has 0 aliphatic heterocycles. The molecule has 6 nitrogen and oxygen atoms in total. The molecule has 0 atom stereocenters. The van der Waals surface area contributed by atoms with Crippen molar-refractivity contribution in [3.8, 4) is 5.75 Å². The Bertz CT molecular complexity index is 812. The van der Waals surface area contributed by atoms with Gasteiger partial charge in [-0.05, 0) is 43.7 Å². The molecule has 2 aromatic carbocycles. The summed E-state index contributed by atoms with van der Waals surface area (Å²) in [6, 6.07) is 9.89. The van der Waals surface area contributed by atoms with Crippen LogP contribution in [0.15, 0.2) is 36.4 Å². The number of benzene rings is 2. The van der Waals surface area contributed by atoms with E-state index in [4.69, 9.17) is 32.7 Å². The molecule has 0 spiro atoms. The Labute approximate surface area is 161 Å². The van der Waals surface area contributed by atoms with Gasteiger partial charge < -0.3 is 14.8 Å². The summed E-state index contributed by atoms with van der Waals surface area (Å²) in [6.45, 7) is 3.51. The minimum Gasteiger partial charge on any atom is -0.482 e. The monoisotopic (exact) mass is 396 g/mol. The van der Waals surface area contributed by atoms with E-state index < -0.39 is 6.09 Å². The molecule has 0 radical (unpaired) electrons. The van der Waals surface area contributed by atoms with Crippen LogP contribution in [0.25, 0.3) is 0 Å². The number of hydrogen-bond acceptors (Lipinski definition) is 4. The first-order valence-corrected chi connectivity index (χ1v) is 8.57. The van der Waals surface area contributed by atoms with Crippen LogP contribution >= 0.6 is 23.2 Å². The summed E-state index contributed by atoms with van der Waals surface area (Å²) in [5.74, 6) is -0.0545. The van der Waals surface area contributed by atoms with Crippen LogP contribution in [0.2, 0.25) is 10.0 Å². The second kappa shape index (κ2) is 9.31. The number of ether oxygens (including phenoxy) is 2. The van der Waals surface area contributed by atoms with E-state index in [0.29, 0.717) is 32.7 Å². The van der Waals surface area contributed by atoms with Crippen molar-refractivity contribution in [3.05, 3.63) is 52.0 Å². The molecule has 0 saturated heterocycles. The van der Waals surface area contributed by atoms with Gasteiger partial charge in [-0.15, -0.1) is 0 Å². The van der Waals surface area contributed by atoms with Crippen molar-refractivity contribution in [2.24, 2.45) is 0 Å². The van der Waals surface area contributed by atoms with Crippen molar-refractivity contribution in [2.45, 2.75) is 13.8 Å². The third-order valence-electron chi connectivity index (χ3n) is 3.37. The molecule has 0 aliphatic rings. The van der Waals surface area contributed by atoms with Crippen LogP contribution in [-0.2, 0) is 9.53 Å². The lowest BCUT2D eigenvalue weighted by molar-refractivity contribution is -0.118. The van der Waals surface area contributed by atoms with Gasteiger partial charge in [-0.1, -0.05) is 29.3 Å². The van der Waals surface area contributed by atoms with E-state index in [1.54, 1.807) is 44.2 Å². The largest absolute Gasteiger partial charge is 0.482 e. The van der Waals surface area contributed by atoms with Crippen molar-refractivity contribution in [1.29, 1.82) is 0 Å². The normalized spacial score (nSPS) is 10.2. The van der Waals surface area contributed by atoms with Gasteiger partial charge in [-0.25, -0.2) is 4.79 Å². The fourth-order valence-electron chi connectivity index (χ4n) is 2.10. The highest BCUT2D eigenvalue weighted by Gasteiger charge is 2.11. The summed E-state index contributed by atoms with van der Waals surface area (Å²) in [4.78, 5) is 23.7. The van der Waals surface area contributed by atoms with Crippen molar-refractivity contribution in [1.82, 2.24) is 0 Å². The van der Waals surface area contributed by atoms with Crippen LogP contribution in [-0.4, -0.2) is 25.2 Å². The molecule has 0 aromatic heterocycles. The quantitative estimate of drug-likeness (QED) is 0.728. The zero-order valence-corrected chi connectivity index (χ0v) is 15.8. The maximum atomic E-state index is 12.1. The predicted molar refractivity (Wildman–Crippen MR) is 102 cm³/mol. The van der Waals surface area contributed by atoms with E-state index in [1.807, 2.05) is 0 Å². The van der Waals surface area contributed by atoms with Crippen LogP contribution in [0.1, 0.15) is 12.5 Å². The fraction of sp³-hybridized carbons (Fsp3) is 0.222. The number of nitrogens with one attached hydrogen (secondary N) is 2. The molecule has 2 N–H and O–H groups in total. The number of carbonyl (C=O) groups excluding carboxylic acids is 2. The maximum Gasteiger partial charge on any atom is 0.411 e. The highest BCUT2D eigenvalue weighted by atomic mass is 35.5. The van der Waals surface area contributed by atoms with Gasteiger partial charge in [0.15, 0.2) is 6.61 Å². The van der Waals surface area contributed by atoms with Gasteiger partial charge in [0.05, 0.1) is 11.6 Å². The smallest absolute Gasteiger partial charge is 0.411 e. The van der Waals surface area contributed by atoms with Gasteiger partial charge >= 0.3 is 6.09 Å². The topological polar surface area (TPSA) is 76.7 Å². The predicted octanol–water partition coefficient (Wildman–Crippen LogP) is 4.89. The number of amides is 2. The molecule has 2 aromatic rings. The molecular weight excluding hydrogens is 379 g/mol. The highest BCUT2D eigenvalue weighted by Crippen LogP contribution is 2.28. The molecule has 0 aliphatic carbocycles. The minimum atomic E-state index is -0.557. The van der Waals surface area contributed by atoms with Crippen LogP contribution in [0, 0.1) is 6.92 Å². The lowest BCUT2D eigenvalue weighted by atomic mass is 10.1. The van der Waals surface area contributed by atoms with E-state index in [0.717, 1.165) is 0 Å². The molecule has 2 rings (SSSR count). The summed E-state index contributed by atoms with van der Waals surface area (Å²) < 4.78 is 10.2. The Morgan fingerprint density at radius 3 is 2.46 bits per heavy atom. The summed E-state index contributed by atoms with van der Waals surface area (Å²) in [5, 5.41) is 6.17. The number of carbonyl (C=O) groups is 2. The second-order valence-corrected chi connectivity index (χ2v) is 6.08. The summed E-state index contributed by atoms with van der Waals surface area (Å²) >= 11 is 11.9.